The monoisotopic (exact) mass is 300 g/mol. The lowest BCUT2D eigenvalue weighted by atomic mass is 10.2. The number of nitrogens with zero attached hydrogens (tertiary/aromatic N) is 2. The molecule has 0 saturated heterocycles. The quantitative estimate of drug-likeness (QED) is 0.805. The molecule has 0 radical (unpaired) electrons. The van der Waals surface area contributed by atoms with Crippen LogP contribution < -0.4 is 0 Å². The van der Waals surface area contributed by atoms with Crippen LogP contribution in [0.4, 0.5) is 8.78 Å². The van der Waals surface area contributed by atoms with E-state index in [1.807, 2.05) is 0 Å². The van der Waals surface area contributed by atoms with Crippen molar-refractivity contribution >= 4 is 5.97 Å². The normalized spacial score (nSPS) is 10.6. The first-order chi connectivity index (χ1) is 10.6. The van der Waals surface area contributed by atoms with Gasteiger partial charge >= 0.3 is 5.97 Å². The van der Waals surface area contributed by atoms with Gasteiger partial charge in [-0.25, -0.2) is 18.6 Å². The van der Waals surface area contributed by atoms with Crippen molar-refractivity contribution in [2.75, 3.05) is 0 Å². The molecule has 0 aliphatic rings. The van der Waals surface area contributed by atoms with Gasteiger partial charge in [-0.1, -0.05) is 24.3 Å². The molecule has 0 fully saturated rings. The summed E-state index contributed by atoms with van der Waals surface area (Å²) in [7, 11) is 0. The molecule has 0 amide bonds. The van der Waals surface area contributed by atoms with Crippen molar-refractivity contribution in [2.24, 2.45) is 0 Å². The van der Waals surface area contributed by atoms with Gasteiger partial charge in [-0.05, 0) is 24.3 Å². The highest BCUT2D eigenvalue weighted by atomic mass is 19.1. The van der Waals surface area contributed by atoms with Crippen molar-refractivity contribution < 1.29 is 18.7 Å². The summed E-state index contributed by atoms with van der Waals surface area (Å²) in [6.07, 6.45) is 1.23. The zero-order valence-corrected chi connectivity index (χ0v) is 11.2. The molecule has 0 atom stereocenters. The van der Waals surface area contributed by atoms with Crippen LogP contribution in [0.3, 0.4) is 0 Å². The molecule has 1 N–H and O–H groups in total. The maximum Gasteiger partial charge on any atom is 0.356 e. The van der Waals surface area contributed by atoms with Crippen LogP contribution in [-0.2, 0) is 0 Å². The second-order valence-corrected chi connectivity index (χ2v) is 4.56. The van der Waals surface area contributed by atoms with E-state index in [-0.39, 0.29) is 17.1 Å². The number of carboxylic acid groups (broad SMARTS) is 1. The van der Waals surface area contributed by atoms with Crippen molar-refractivity contribution in [3.8, 4) is 17.1 Å². The first-order valence-corrected chi connectivity index (χ1v) is 6.40. The molecule has 110 valence electrons. The van der Waals surface area contributed by atoms with Crippen LogP contribution in [-0.4, -0.2) is 20.6 Å². The van der Waals surface area contributed by atoms with Gasteiger partial charge in [0, 0.05) is 11.9 Å². The summed E-state index contributed by atoms with van der Waals surface area (Å²) in [5, 5.41) is 9.09. The lowest BCUT2D eigenvalue weighted by Crippen LogP contribution is -2.00. The Kier molecular flexibility index (Phi) is 3.42. The summed E-state index contributed by atoms with van der Waals surface area (Å²) < 4.78 is 29.4. The van der Waals surface area contributed by atoms with Gasteiger partial charge in [0.1, 0.15) is 11.6 Å². The van der Waals surface area contributed by atoms with E-state index in [1.54, 1.807) is 30.3 Å². The Morgan fingerprint density at radius 1 is 1.00 bits per heavy atom. The Morgan fingerprint density at radius 3 is 2.23 bits per heavy atom. The van der Waals surface area contributed by atoms with Gasteiger partial charge in [0.2, 0.25) is 0 Å². The maximum atomic E-state index is 14.0. The number of aromatic carboxylic acids is 1. The van der Waals surface area contributed by atoms with Gasteiger partial charge in [-0.15, -0.1) is 0 Å². The van der Waals surface area contributed by atoms with Gasteiger partial charge in [0.15, 0.2) is 11.5 Å². The van der Waals surface area contributed by atoms with Gasteiger partial charge in [0.05, 0.1) is 5.56 Å². The van der Waals surface area contributed by atoms with E-state index in [0.717, 1.165) is 12.1 Å². The summed E-state index contributed by atoms with van der Waals surface area (Å²) >= 11 is 0. The summed E-state index contributed by atoms with van der Waals surface area (Å²) in [4.78, 5) is 15.0. The molecule has 3 aromatic rings. The summed E-state index contributed by atoms with van der Waals surface area (Å²) in [5.41, 5.74) is -0.0967. The Bertz CT molecular complexity index is 824. The second kappa shape index (κ2) is 5.40. The number of aromatic nitrogens is 2. The summed E-state index contributed by atoms with van der Waals surface area (Å²) in [6, 6.07) is 12.1. The second-order valence-electron chi connectivity index (χ2n) is 4.56. The van der Waals surface area contributed by atoms with Crippen molar-refractivity contribution in [1.82, 2.24) is 9.55 Å². The number of halogens is 2. The number of hydrogen-bond donors (Lipinski definition) is 1. The van der Waals surface area contributed by atoms with Crippen LogP contribution in [0.25, 0.3) is 17.1 Å². The van der Waals surface area contributed by atoms with E-state index in [2.05, 4.69) is 4.98 Å². The average molecular weight is 300 g/mol. The minimum atomic E-state index is -1.27. The van der Waals surface area contributed by atoms with Crippen LogP contribution in [0.15, 0.2) is 54.7 Å². The SMILES string of the molecule is O=C(O)c1cn(-c2ccccc2)c(-c2c(F)cccc2F)n1. The highest BCUT2D eigenvalue weighted by Gasteiger charge is 2.21. The molecule has 6 heteroatoms. The van der Waals surface area contributed by atoms with E-state index < -0.39 is 17.6 Å². The van der Waals surface area contributed by atoms with Crippen molar-refractivity contribution in [2.45, 2.75) is 0 Å². The molecular weight excluding hydrogens is 290 g/mol. The molecule has 0 aliphatic carbocycles. The molecule has 0 bridgehead atoms. The first kappa shape index (κ1) is 13.9. The summed E-state index contributed by atoms with van der Waals surface area (Å²) in [5.74, 6) is -2.98. The lowest BCUT2D eigenvalue weighted by molar-refractivity contribution is 0.0691. The molecule has 4 nitrogen and oxygen atoms in total. The molecule has 0 unspecified atom stereocenters. The molecule has 0 spiro atoms. The van der Waals surface area contributed by atoms with Gasteiger partial charge in [-0.3, -0.25) is 4.57 Å². The highest BCUT2D eigenvalue weighted by molar-refractivity contribution is 5.86. The third kappa shape index (κ3) is 2.35. The van der Waals surface area contributed by atoms with Gasteiger partial charge in [0.25, 0.3) is 0 Å². The lowest BCUT2D eigenvalue weighted by Gasteiger charge is -2.09. The molecule has 1 heterocycles. The number of hydrogen-bond acceptors (Lipinski definition) is 2. The molecule has 2 aromatic carbocycles. The van der Waals surface area contributed by atoms with Crippen LogP contribution in [0.1, 0.15) is 10.5 Å². The Balaban J connectivity index is 2.29. The molecule has 0 aliphatic heterocycles. The first-order valence-electron chi connectivity index (χ1n) is 6.40. The number of para-hydroxylation sites is 1. The fourth-order valence-corrected chi connectivity index (χ4v) is 2.16. The maximum absolute atomic E-state index is 14.0. The fraction of sp³-hybridized carbons (Fsp3) is 0. The predicted molar refractivity (Wildman–Crippen MR) is 75.9 cm³/mol. The Labute approximate surface area is 124 Å². The fourth-order valence-electron chi connectivity index (χ4n) is 2.16. The highest BCUT2D eigenvalue weighted by Crippen LogP contribution is 2.28. The molecule has 22 heavy (non-hydrogen) atoms. The molecule has 0 saturated carbocycles. The number of benzene rings is 2. The van der Waals surface area contributed by atoms with Crippen LogP contribution >= 0.6 is 0 Å². The standard InChI is InChI=1S/C16H10F2N2O2/c17-11-7-4-8-12(18)14(11)15-19-13(16(21)22)9-20(15)10-5-2-1-3-6-10/h1-9H,(H,21,22). The molecule has 3 rings (SSSR count). The van der Waals surface area contributed by atoms with Crippen LogP contribution in [0.2, 0.25) is 0 Å². The van der Waals surface area contributed by atoms with Crippen molar-refractivity contribution in [3.63, 3.8) is 0 Å². The van der Waals surface area contributed by atoms with E-state index in [0.29, 0.717) is 5.69 Å². The smallest absolute Gasteiger partial charge is 0.356 e. The minimum absolute atomic E-state index is 0.0980. The topological polar surface area (TPSA) is 55.1 Å². The van der Waals surface area contributed by atoms with Gasteiger partial charge < -0.3 is 5.11 Å². The third-order valence-corrected chi connectivity index (χ3v) is 3.15. The number of rotatable bonds is 3. The number of carboxylic acids is 1. The van der Waals surface area contributed by atoms with E-state index in [4.69, 9.17) is 5.11 Å². The minimum Gasteiger partial charge on any atom is -0.476 e. The zero-order chi connectivity index (χ0) is 15.7. The van der Waals surface area contributed by atoms with Crippen molar-refractivity contribution in [1.29, 1.82) is 0 Å². The van der Waals surface area contributed by atoms with Gasteiger partial charge in [-0.2, -0.15) is 0 Å². The predicted octanol–water partition coefficient (Wildman–Crippen LogP) is 3.52. The molecule has 1 aromatic heterocycles. The largest absolute Gasteiger partial charge is 0.476 e. The zero-order valence-electron chi connectivity index (χ0n) is 11.2. The van der Waals surface area contributed by atoms with Crippen molar-refractivity contribution in [3.05, 3.63) is 72.1 Å². The van der Waals surface area contributed by atoms with E-state index in [1.165, 1.54) is 16.8 Å². The Morgan fingerprint density at radius 2 is 1.64 bits per heavy atom. The van der Waals surface area contributed by atoms with Crippen LogP contribution in [0, 0.1) is 11.6 Å². The summed E-state index contributed by atoms with van der Waals surface area (Å²) in [6.45, 7) is 0. The number of imidazole rings is 1. The Hall–Kier alpha value is -3.02. The third-order valence-electron chi connectivity index (χ3n) is 3.15. The number of carbonyl (C=O) groups is 1. The molecular formula is C16H10F2N2O2. The van der Waals surface area contributed by atoms with Crippen LogP contribution in [0.5, 0.6) is 0 Å². The van der Waals surface area contributed by atoms with E-state index >= 15 is 0 Å². The van der Waals surface area contributed by atoms with E-state index in [9.17, 15) is 13.6 Å². The average Bonchev–Trinajstić information content (AvgIpc) is 2.93.